The van der Waals surface area contributed by atoms with Gasteiger partial charge in [0, 0.05) is 45.5 Å². The van der Waals surface area contributed by atoms with Gasteiger partial charge in [0.25, 0.3) is 11.8 Å². The molecule has 0 aromatic carbocycles. The molecule has 2 aromatic heterocycles. The number of furan rings is 1. The number of piperazine rings is 1. The molecule has 0 atom stereocenters. The van der Waals surface area contributed by atoms with Gasteiger partial charge in [0.05, 0.1) is 23.7 Å². The summed E-state index contributed by atoms with van der Waals surface area (Å²) in [6.45, 7) is 4.30. The van der Waals surface area contributed by atoms with E-state index in [9.17, 15) is 9.59 Å². The number of anilines is 1. The monoisotopic (exact) mass is 368 g/mol. The zero-order chi connectivity index (χ0) is 18.6. The van der Waals surface area contributed by atoms with Gasteiger partial charge in [-0.1, -0.05) is 0 Å². The number of hydrogen-bond acceptors (Lipinski definition) is 5. The molecule has 0 N–H and O–H groups in total. The van der Waals surface area contributed by atoms with Crippen molar-refractivity contribution in [1.82, 2.24) is 14.8 Å². The van der Waals surface area contributed by atoms with E-state index >= 15 is 0 Å². The van der Waals surface area contributed by atoms with Crippen LogP contribution in [-0.2, 0) is 0 Å². The molecule has 2 saturated heterocycles. The molecule has 0 unspecified atom stereocenters. The van der Waals surface area contributed by atoms with Crippen LogP contribution in [0.25, 0.3) is 0 Å². The number of carbonyl (C=O) groups is 2. The maximum Gasteiger partial charge on any atom is 0.289 e. The fraction of sp³-hybridized carbons (Fsp3) is 0.450. The quantitative estimate of drug-likeness (QED) is 0.831. The van der Waals surface area contributed by atoms with E-state index in [2.05, 4.69) is 9.88 Å². The van der Waals surface area contributed by atoms with E-state index < -0.39 is 0 Å². The van der Waals surface area contributed by atoms with Crippen LogP contribution >= 0.6 is 0 Å². The van der Waals surface area contributed by atoms with Crippen molar-refractivity contribution in [2.45, 2.75) is 19.3 Å². The van der Waals surface area contributed by atoms with Crippen LogP contribution < -0.4 is 4.90 Å². The van der Waals surface area contributed by atoms with E-state index in [-0.39, 0.29) is 11.8 Å². The van der Waals surface area contributed by atoms with E-state index in [1.165, 1.54) is 12.7 Å². The van der Waals surface area contributed by atoms with Gasteiger partial charge in [-0.15, -0.1) is 0 Å². The lowest BCUT2D eigenvalue weighted by Crippen LogP contribution is -2.48. The highest BCUT2D eigenvalue weighted by Gasteiger charge is 2.25. The zero-order valence-corrected chi connectivity index (χ0v) is 15.3. The van der Waals surface area contributed by atoms with Crippen molar-refractivity contribution >= 4 is 17.5 Å². The lowest BCUT2D eigenvalue weighted by atomic mass is 10.1. The molecule has 4 rings (SSSR count). The Bertz CT molecular complexity index is 791. The Morgan fingerprint density at radius 1 is 0.889 bits per heavy atom. The number of nitrogens with zero attached hydrogens (tertiary/aromatic N) is 4. The summed E-state index contributed by atoms with van der Waals surface area (Å²) in [4.78, 5) is 35.3. The molecule has 0 radical (unpaired) electrons. The lowest BCUT2D eigenvalue weighted by molar-refractivity contribution is 0.0712. The summed E-state index contributed by atoms with van der Waals surface area (Å²) >= 11 is 0. The molecule has 27 heavy (non-hydrogen) atoms. The predicted octanol–water partition coefficient (Wildman–Crippen LogP) is 2.26. The first-order valence-electron chi connectivity index (χ1n) is 9.54. The number of carbonyl (C=O) groups excluding carboxylic acids is 2. The maximum atomic E-state index is 12.7. The van der Waals surface area contributed by atoms with Gasteiger partial charge >= 0.3 is 0 Å². The van der Waals surface area contributed by atoms with Crippen molar-refractivity contribution in [3.8, 4) is 0 Å². The minimum atomic E-state index is -0.0770. The molecular formula is C20H24N4O3. The molecule has 142 valence electrons. The Morgan fingerprint density at radius 2 is 1.63 bits per heavy atom. The highest BCUT2D eigenvalue weighted by Crippen LogP contribution is 2.20. The minimum absolute atomic E-state index is 0.0654. The van der Waals surface area contributed by atoms with E-state index in [1.807, 2.05) is 11.0 Å². The zero-order valence-electron chi connectivity index (χ0n) is 15.3. The standard InChI is InChI=1S/C20H24N4O3/c25-19(23-6-2-1-3-7-23)16-13-17(15-21-14-16)22-8-10-24(11-9-22)20(26)18-5-4-12-27-18/h4-5,12-15H,1-3,6-11H2. The molecule has 2 aromatic rings. The fourth-order valence-corrected chi connectivity index (χ4v) is 3.72. The Morgan fingerprint density at radius 3 is 2.33 bits per heavy atom. The first-order chi connectivity index (χ1) is 13.2. The molecule has 2 aliphatic heterocycles. The molecule has 7 nitrogen and oxygen atoms in total. The number of hydrogen-bond donors (Lipinski definition) is 0. The second kappa shape index (κ2) is 7.82. The van der Waals surface area contributed by atoms with Gasteiger partial charge in [-0.3, -0.25) is 14.6 Å². The maximum absolute atomic E-state index is 12.7. The lowest BCUT2D eigenvalue weighted by Gasteiger charge is -2.35. The van der Waals surface area contributed by atoms with Crippen molar-refractivity contribution < 1.29 is 14.0 Å². The van der Waals surface area contributed by atoms with Crippen LogP contribution in [0.5, 0.6) is 0 Å². The first-order valence-corrected chi connectivity index (χ1v) is 9.54. The Balaban J connectivity index is 1.40. The summed E-state index contributed by atoms with van der Waals surface area (Å²) in [5.74, 6) is 0.363. The van der Waals surface area contributed by atoms with Gasteiger partial charge in [0.2, 0.25) is 0 Å². The average molecular weight is 368 g/mol. The molecule has 2 amide bonds. The van der Waals surface area contributed by atoms with Crippen molar-refractivity contribution in [2.24, 2.45) is 0 Å². The normalized spacial score (nSPS) is 17.9. The number of aromatic nitrogens is 1. The summed E-state index contributed by atoms with van der Waals surface area (Å²) < 4.78 is 5.20. The van der Waals surface area contributed by atoms with Gasteiger partial charge in [0.1, 0.15) is 0 Å². The van der Waals surface area contributed by atoms with Crippen molar-refractivity contribution in [1.29, 1.82) is 0 Å². The molecule has 0 saturated carbocycles. The van der Waals surface area contributed by atoms with Crippen molar-refractivity contribution in [3.05, 3.63) is 48.2 Å². The molecular weight excluding hydrogens is 344 g/mol. The number of amides is 2. The predicted molar refractivity (Wildman–Crippen MR) is 101 cm³/mol. The van der Waals surface area contributed by atoms with Crippen molar-refractivity contribution in [3.63, 3.8) is 0 Å². The van der Waals surface area contributed by atoms with Gasteiger partial charge in [-0.2, -0.15) is 0 Å². The summed E-state index contributed by atoms with van der Waals surface area (Å²) in [7, 11) is 0. The Hall–Kier alpha value is -2.83. The smallest absolute Gasteiger partial charge is 0.289 e. The van der Waals surface area contributed by atoms with Gasteiger partial charge in [-0.25, -0.2) is 0 Å². The third kappa shape index (κ3) is 3.82. The van der Waals surface area contributed by atoms with Gasteiger partial charge in [-0.05, 0) is 37.5 Å². The van der Waals surface area contributed by atoms with Crippen LogP contribution in [0, 0.1) is 0 Å². The van der Waals surface area contributed by atoms with Crippen molar-refractivity contribution in [2.75, 3.05) is 44.2 Å². The van der Waals surface area contributed by atoms with E-state index in [0.29, 0.717) is 37.5 Å². The van der Waals surface area contributed by atoms with E-state index in [1.54, 1.807) is 29.4 Å². The second-order valence-corrected chi connectivity index (χ2v) is 7.04. The molecule has 4 heterocycles. The fourth-order valence-electron chi connectivity index (χ4n) is 3.72. The molecule has 0 aliphatic carbocycles. The summed E-state index contributed by atoms with van der Waals surface area (Å²) in [5, 5.41) is 0. The number of likely N-dealkylation sites (tertiary alicyclic amines) is 1. The van der Waals surface area contributed by atoms with Crippen LogP contribution in [0.15, 0.2) is 41.3 Å². The number of piperidine rings is 1. The summed E-state index contributed by atoms with van der Waals surface area (Å²) in [6, 6.07) is 5.34. The highest BCUT2D eigenvalue weighted by atomic mass is 16.3. The first kappa shape index (κ1) is 17.6. The molecule has 7 heteroatoms. The summed E-state index contributed by atoms with van der Waals surface area (Å²) in [5.41, 5.74) is 1.58. The van der Waals surface area contributed by atoms with Crippen LogP contribution in [0.1, 0.15) is 40.2 Å². The topological polar surface area (TPSA) is 69.9 Å². The molecule has 2 fully saturated rings. The third-order valence-corrected chi connectivity index (χ3v) is 5.28. The third-order valence-electron chi connectivity index (χ3n) is 5.28. The minimum Gasteiger partial charge on any atom is -0.459 e. The van der Waals surface area contributed by atoms with Crippen LogP contribution in [0.4, 0.5) is 5.69 Å². The Kier molecular flexibility index (Phi) is 5.09. The SMILES string of the molecule is O=C(c1cncc(N2CCN(C(=O)c3ccco3)CC2)c1)N1CCCCC1. The van der Waals surface area contributed by atoms with E-state index in [0.717, 1.165) is 31.6 Å². The van der Waals surface area contributed by atoms with Crippen LogP contribution in [0.2, 0.25) is 0 Å². The Labute approximate surface area is 158 Å². The van der Waals surface area contributed by atoms with Gasteiger partial charge in [0.15, 0.2) is 5.76 Å². The highest BCUT2D eigenvalue weighted by molar-refractivity contribution is 5.95. The molecule has 0 bridgehead atoms. The molecule has 2 aliphatic rings. The van der Waals surface area contributed by atoms with Gasteiger partial charge < -0.3 is 19.1 Å². The number of rotatable bonds is 3. The average Bonchev–Trinajstić information content (AvgIpc) is 3.28. The van der Waals surface area contributed by atoms with Crippen LogP contribution in [0.3, 0.4) is 0 Å². The summed E-state index contributed by atoms with van der Waals surface area (Å²) in [6.07, 6.45) is 8.30. The molecule has 0 spiro atoms. The number of pyridine rings is 1. The van der Waals surface area contributed by atoms with Crippen LogP contribution in [-0.4, -0.2) is 65.9 Å². The largest absolute Gasteiger partial charge is 0.459 e. The second-order valence-electron chi connectivity index (χ2n) is 7.04. The van der Waals surface area contributed by atoms with E-state index in [4.69, 9.17) is 4.42 Å².